The summed E-state index contributed by atoms with van der Waals surface area (Å²) >= 11 is 0. The summed E-state index contributed by atoms with van der Waals surface area (Å²) < 4.78 is 16.6. The molecule has 9 nitrogen and oxygen atoms in total. The van der Waals surface area contributed by atoms with E-state index in [2.05, 4.69) is 10.2 Å². The van der Waals surface area contributed by atoms with Gasteiger partial charge in [-0.05, 0) is 74.5 Å². The number of carbonyl (C=O) groups excluding carboxylic acids is 2. The Balaban J connectivity index is 1.30. The second kappa shape index (κ2) is 9.89. The quantitative estimate of drug-likeness (QED) is 0.456. The first-order valence-corrected chi connectivity index (χ1v) is 13.3. The molecule has 2 aromatic carbocycles. The van der Waals surface area contributed by atoms with Crippen LogP contribution in [0.4, 0.5) is 5.82 Å². The number of methoxy groups -OCH3 is 1. The van der Waals surface area contributed by atoms with E-state index in [1.165, 1.54) is 0 Å². The van der Waals surface area contributed by atoms with E-state index >= 15 is 0 Å². The van der Waals surface area contributed by atoms with E-state index in [0.29, 0.717) is 23.7 Å². The number of pyridine rings is 1. The summed E-state index contributed by atoms with van der Waals surface area (Å²) in [5.41, 5.74) is 8.75. The lowest BCUT2D eigenvalue weighted by molar-refractivity contribution is -0.122. The fourth-order valence-corrected chi connectivity index (χ4v) is 5.95. The third-order valence-corrected chi connectivity index (χ3v) is 8.16. The molecule has 1 aliphatic carbocycles. The van der Waals surface area contributed by atoms with Crippen molar-refractivity contribution in [2.45, 2.75) is 50.1 Å². The van der Waals surface area contributed by atoms with Crippen LogP contribution in [-0.4, -0.2) is 48.2 Å². The van der Waals surface area contributed by atoms with Gasteiger partial charge in [0.15, 0.2) is 11.5 Å². The Morgan fingerprint density at radius 1 is 1.10 bits per heavy atom. The highest BCUT2D eigenvalue weighted by molar-refractivity contribution is 6.01. The minimum Gasteiger partial charge on any atom is -0.496 e. The van der Waals surface area contributed by atoms with Crippen LogP contribution in [0.1, 0.15) is 54.1 Å². The SMILES string of the molecule is COc1ccccc1C(c1ccc(NC(=O)C2(c3ccc4c(c3)OCO4)CC2)nc1C)N1CCCC1C(N)=O. The van der Waals surface area contributed by atoms with Gasteiger partial charge in [-0.2, -0.15) is 0 Å². The maximum Gasteiger partial charge on any atom is 0.236 e. The summed E-state index contributed by atoms with van der Waals surface area (Å²) in [6.45, 7) is 2.85. The van der Waals surface area contributed by atoms with E-state index in [1.807, 2.05) is 61.5 Å². The first-order chi connectivity index (χ1) is 18.9. The van der Waals surface area contributed by atoms with Crippen LogP contribution in [0.2, 0.25) is 0 Å². The Morgan fingerprint density at radius 3 is 2.64 bits per heavy atom. The third kappa shape index (κ3) is 4.46. The van der Waals surface area contributed by atoms with Crippen LogP contribution in [0, 0.1) is 6.92 Å². The summed E-state index contributed by atoms with van der Waals surface area (Å²) in [7, 11) is 1.64. The number of ether oxygens (including phenoxy) is 3. The first kappa shape index (κ1) is 25.2. The number of aromatic nitrogens is 1. The molecule has 1 aromatic heterocycles. The van der Waals surface area contributed by atoms with Gasteiger partial charge in [0.05, 0.1) is 24.6 Å². The number of nitrogens with one attached hydrogen (secondary N) is 1. The van der Waals surface area contributed by atoms with Crippen LogP contribution in [0.25, 0.3) is 0 Å². The van der Waals surface area contributed by atoms with Gasteiger partial charge in [-0.3, -0.25) is 14.5 Å². The molecule has 0 radical (unpaired) electrons. The lowest BCUT2D eigenvalue weighted by Gasteiger charge is -2.34. The summed E-state index contributed by atoms with van der Waals surface area (Å²) in [5.74, 6) is 2.16. The molecule has 1 saturated heterocycles. The molecule has 39 heavy (non-hydrogen) atoms. The van der Waals surface area contributed by atoms with Crippen molar-refractivity contribution < 1.29 is 23.8 Å². The van der Waals surface area contributed by atoms with E-state index < -0.39 is 5.41 Å². The average molecular weight is 529 g/mol. The van der Waals surface area contributed by atoms with Crippen molar-refractivity contribution >= 4 is 17.6 Å². The van der Waals surface area contributed by atoms with Gasteiger partial charge in [-0.1, -0.05) is 30.3 Å². The Kier molecular flexibility index (Phi) is 6.38. The number of carbonyl (C=O) groups is 2. The fourth-order valence-electron chi connectivity index (χ4n) is 5.95. The zero-order valence-electron chi connectivity index (χ0n) is 22.1. The Labute approximate surface area is 227 Å². The number of aryl methyl sites for hydroxylation is 1. The molecule has 0 spiro atoms. The topological polar surface area (TPSA) is 116 Å². The Hall–Kier alpha value is -4.11. The molecule has 2 fully saturated rings. The molecule has 1 saturated carbocycles. The normalized spacial score (nSPS) is 19.9. The molecule has 0 bridgehead atoms. The molecule has 3 N–H and O–H groups in total. The highest BCUT2D eigenvalue weighted by Crippen LogP contribution is 2.51. The number of nitrogens with two attached hydrogens (primary N) is 1. The number of nitrogens with zero attached hydrogens (tertiary/aromatic N) is 2. The predicted molar refractivity (Wildman–Crippen MR) is 145 cm³/mol. The lowest BCUT2D eigenvalue weighted by Crippen LogP contribution is -2.43. The number of hydrogen-bond acceptors (Lipinski definition) is 7. The van der Waals surface area contributed by atoms with Crippen LogP contribution in [0.3, 0.4) is 0 Å². The second-order valence-electron chi connectivity index (χ2n) is 10.4. The number of benzene rings is 2. The molecule has 2 aliphatic heterocycles. The third-order valence-electron chi connectivity index (χ3n) is 8.16. The molecule has 3 aromatic rings. The van der Waals surface area contributed by atoms with Crippen molar-refractivity contribution in [2.75, 3.05) is 25.8 Å². The Bertz CT molecular complexity index is 1440. The van der Waals surface area contributed by atoms with Crippen molar-refractivity contribution in [1.82, 2.24) is 9.88 Å². The van der Waals surface area contributed by atoms with Crippen LogP contribution < -0.4 is 25.3 Å². The number of likely N-dealkylation sites (tertiary alicyclic amines) is 1. The number of amides is 2. The van der Waals surface area contributed by atoms with Crippen molar-refractivity contribution in [1.29, 1.82) is 0 Å². The van der Waals surface area contributed by atoms with Crippen molar-refractivity contribution in [3.63, 3.8) is 0 Å². The molecule has 9 heteroatoms. The first-order valence-electron chi connectivity index (χ1n) is 13.3. The summed E-state index contributed by atoms with van der Waals surface area (Å²) in [6.07, 6.45) is 3.11. The van der Waals surface area contributed by atoms with Gasteiger partial charge < -0.3 is 25.3 Å². The van der Waals surface area contributed by atoms with Gasteiger partial charge >= 0.3 is 0 Å². The van der Waals surface area contributed by atoms with E-state index in [0.717, 1.165) is 53.9 Å². The highest BCUT2D eigenvalue weighted by Gasteiger charge is 2.52. The number of fused-ring (bicyclic) bond motifs is 1. The van der Waals surface area contributed by atoms with Crippen LogP contribution >= 0.6 is 0 Å². The zero-order chi connectivity index (χ0) is 27.1. The average Bonchev–Trinajstić information content (AvgIpc) is 3.37. The standard InChI is InChI=1S/C30H32N4O5/c1-18-20(27(21-6-3-4-8-23(21)37-2)34-15-5-7-22(34)28(31)35)10-12-26(32-18)33-29(36)30(13-14-30)19-9-11-24-25(16-19)39-17-38-24/h3-4,6,8-12,16,22,27H,5,7,13-15,17H2,1-2H3,(H2,31,35)(H,32,33,36). The van der Waals surface area contributed by atoms with Gasteiger partial charge in [0.2, 0.25) is 18.6 Å². The molecule has 3 heterocycles. The minimum atomic E-state index is -0.598. The second-order valence-corrected chi connectivity index (χ2v) is 10.4. The zero-order valence-corrected chi connectivity index (χ0v) is 22.1. The van der Waals surface area contributed by atoms with Crippen LogP contribution in [0.5, 0.6) is 17.2 Å². The van der Waals surface area contributed by atoms with Crippen molar-refractivity contribution in [3.05, 3.63) is 77.0 Å². The molecular formula is C30H32N4O5. The Morgan fingerprint density at radius 2 is 1.90 bits per heavy atom. The summed E-state index contributed by atoms with van der Waals surface area (Å²) in [4.78, 5) is 32.7. The maximum absolute atomic E-state index is 13.5. The largest absolute Gasteiger partial charge is 0.496 e. The number of primary amides is 1. The van der Waals surface area contributed by atoms with Crippen molar-refractivity contribution in [3.8, 4) is 17.2 Å². The molecule has 2 amide bonds. The molecule has 3 aliphatic rings. The number of anilines is 1. The smallest absolute Gasteiger partial charge is 0.236 e. The van der Waals surface area contributed by atoms with Crippen LogP contribution in [-0.2, 0) is 15.0 Å². The molecule has 6 rings (SSSR count). The van der Waals surface area contributed by atoms with Gasteiger partial charge in [0, 0.05) is 11.3 Å². The van der Waals surface area contributed by atoms with Gasteiger partial charge in [0.1, 0.15) is 11.6 Å². The van der Waals surface area contributed by atoms with E-state index in [-0.39, 0.29) is 30.7 Å². The van der Waals surface area contributed by atoms with Crippen LogP contribution in [0.15, 0.2) is 54.6 Å². The molecule has 2 atom stereocenters. The highest BCUT2D eigenvalue weighted by atomic mass is 16.7. The molecular weight excluding hydrogens is 496 g/mol. The summed E-state index contributed by atoms with van der Waals surface area (Å²) in [6, 6.07) is 16.7. The fraction of sp³-hybridized carbons (Fsp3) is 0.367. The minimum absolute atomic E-state index is 0.0874. The van der Waals surface area contributed by atoms with Crippen molar-refractivity contribution in [2.24, 2.45) is 5.73 Å². The van der Waals surface area contributed by atoms with E-state index in [4.69, 9.17) is 24.9 Å². The van der Waals surface area contributed by atoms with E-state index in [1.54, 1.807) is 7.11 Å². The van der Waals surface area contributed by atoms with Gasteiger partial charge in [-0.25, -0.2) is 4.98 Å². The summed E-state index contributed by atoms with van der Waals surface area (Å²) in [5, 5.41) is 3.04. The number of hydrogen-bond donors (Lipinski definition) is 2. The van der Waals surface area contributed by atoms with E-state index in [9.17, 15) is 9.59 Å². The van der Waals surface area contributed by atoms with Gasteiger partial charge in [0.25, 0.3) is 0 Å². The monoisotopic (exact) mass is 528 g/mol. The maximum atomic E-state index is 13.5. The number of rotatable bonds is 8. The lowest BCUT2D eigenvalue weighted by atomic mass is 9.93. The van der Waals surface area contributed by atoms with Gasteiger partial charge in [-0.15, -0.1) is 0 Å². The molecule has 2 unspecified atom stereocenters. The molecule has 202 valence electrons. The number of para-hydroxylation sites is 1. The predicted octanol–water partition coefficient (Wildman–Crippen LogP) is 3.84.